The number of hydrogen-bond donors (Lipinski definition) is 2. The van der Waals surface area contributed by atoms with Gasteiger partial charge in [-0.1, -0.05) is 18.2 Å². The maximum absolute atomic E-state index is 12.7. The molecule has 3 heterocycles. The Kier molecular flexibility index (Phi) is 2.67. The van der Waals surface area contributed by atoms with E-state index in [1.165, 1.54) is 0 Å². The monoisotopic (exact) mass is 308 g/mol. The van der Waals surface area contributed by atoms with Gasteiger partial charge in [0, 0.05) is 17.8 Å². The first-order chi connectivity index (χ1) is 11.3. The highest BCUT2D eigenvalue weighted by Gasteiger charge is 2.44. The number of para-hydroxylation sites is 1. The summed E-state index contributed by atoms with van der Waals surface area (Å²) >= 11 is 0. The number of nitrogens with one attached hydrogen (secondary N) is 2. The Hall–Kier alpha value is -2.53. The van der Waals surface area contributed by atoms with Crippen LogP contribution in [0.2, 0.25) is 0 Å². The molecule has 0 radical (unpaired) electrons. The molecule has 116 valence electrons. The number of fused-ring (bicyclic) bond motifs is 3. The van der Waals surface area contributed by atoms with Crippen molar-refractivity contribution in [2.24, 2.45) is 5.92 Å². The van der Waals surface area contributed by atoms with E-state index in [1.54, 1.807) is 0 Å². The first-order valence-corrected chi connectivity index (χ1v) is 7.84. The predicted octanol–water partition coefficient (Wildman–Crippen LogP) is 2.35. The Labute approximate surface area is 133 Å². The second-order valence-corrected chi connectivity index (χ2v) is 6.19. The van der Waals surface area contributed by atoms with E-state index in [0.29, 0.717) is 6.54 Å². The zero-order chi connectivity index (χ0) is 15.4. The fourth-order valence-electron chi connectivity index (χ4n) is 3.81. The van der Waals surface area contributed by atoms with E-state index in [9.17, 15) is 4.79 Å². The lowest BCUT2D eigenvalue weighted by Crippen LogP contribution is -2.39. The average Bonchev–Trinajstić information content (AvgIpc) is 3.21. The third-order valence-corrected chi connectivity index (χ3v) is 4.96. The smallest absolute Gasteiger partial charge is 0.231 e. The molecule has 0 saturated carbocycles. The highest BCUT2D eigenvalue weighted by atomic mass is 16.7. The standard InChI is InChI=1S/C18H16N2O3/c21-18-11-3-1-2-4-13(11)20-17-12(18)8-19-16(17)10-5-6-14-15(7-10)23-9-22-14/h1-7,12,16-17,19-20H,8-9H2. The molecule has 3 aliphatic heterocycles. The van der Waals surface area contributed by atoms with Crippen molar-refractivity contribution in [1.29, 1.82) is 0 Å². The zero-order valence-electron chi connectivity index (χ0n) is 12.4. The van der Waals surface area contributed by atoms with E-state index in [0.717, 1.165) is 28.3 Å². The van der Waals surface area contributed by atoms with E-state index < -0.39 is 0 Å². The first kappa shape index (κ1) is 13.0. The molecule has 0 aromatic heterocycles. The van der Waals surface area contributed by atoms with Crippen molar-refractivity contribution in [3.05, 3.63) is 53.6 Å². The van der Waals surface area contributed by atoms with Crippen LogP contribution in [-0.2, 0) is 0 Å². The molecule has 1 saturated heterocycles. The molecule has 0 amide bonds. The Morgan fingerprint density at radius 2 is 1.91 bits per heavy atom. The third-order valence-electron chi connectivity index (χ3n) is 4.96. The van der Waals surface area contributed by atoms with Gasteiger partial charge in [0.1, 0.15) is 0 Å². The molecule has 2 N–H and O–H groups in total. The van der Waals surface area contributed by atoms with Crippen LogP contribution >= 0.6 is 0 Å². The van der Waals surface area contributed by atoms with Crippen LogP contribution in [0.15, 0.2) is 42.5 Å². The van der Waals surface area contributed by atoms with Crippen molar-refractivity contribution in [2.45, 2.75) is 12.1 Å². The molecule has 3 atom stereocenters. The summed E-state index contributed by atoms with van der Waals surface area (Å²) < 4.78 is 10.8. The molecule has 0 spiro atoms. The molecule has 5 rings (SSSR count). The average molecular weight is 308 g/mol. The Bertz CT molecular complexity index is 805. The largest absolute Gasteiger partial charge is 0.454 e. The number of ether oxygens (including phenoxy) is 2. The zero-order valence-corrected chi connectivity index (χ0v) is 12.4. The van der Waals surface area contributed by atoms with Crippen LogP contribution in [-0.4, -0.2) is 25.2 Å². The van der Waals surface area contributed by atoms with Gasteiger partial charge in [-0.25, -0.2) is 0 Å². The quantitative estimate of drug-likeness (QED) is 0.847. The van der Waals surface area contributed by atoms with E-state index in [4.69, 9.17) is 9.47 Å². The lowest BCUT2D eigenvalue weighted by molar-refractivity contribution is 0.0917. The number of ketones is 1. The maximum Gasteiger partial charge on any atom is 0.231 e. The fourth-order valence-corrected chi connectivity index (χ4v) is 3.81. The van der Waals surface area contributed by atoms with Crippen molar-refractivity contribution >= 4 is 11.5 Å². The van der Waals surface area contributed by atoms with Gasteiger partial charge >= 0.3 is 0 Å². The van der Waals surface area contributed by atoms with Gasteiger partial charge in [-0.3, -0.25) is 4.79 Å². The number of carbonyl (C=O) groups is 1. The minimum atomic E-state index is -0.0414. The van der Waals surface area contributed by atoms with Crippen LogP contribution in [0.5, 0.6) is 11.5 Å². The normalized spacial score (nSPS) is 27.3. The molecular formula is C18H16N2O3. The van der Waals surface area contributed by atoms with Crippen molar-refractivity contribution in [3.63, 3.8) is 0 Å². The van der Waals surface area contributed by atoms with Crippen LogP contribution in [0.1, 0.15) is 22.0 Å². The summed E-state index contributed by atoms with van der Waals surface area (Å²) in [6.45, 7) is 0.955. The Morgan fingerprint density at radius 1 is 1.04 bits per heavy atom. The molecule has 3 unspecified atom stereocenters. The van der Waals surface area contributed by atoms with E-state index in [-0.39, 0.29) is 30.6 Å². The number of hydrogen-bond acceptors (Lipinski definition) is 5. The molecule has 1 fully saturated rings. The lowest BCUT2D eigenvalue weighted by Gasteiger charge is -2.31. The molecule has 0 bridgehead atoms. The minimum absolute atomic E-state index is 0.0414. The summed E-state index contributed by atoms with van der Waals surface area (Å²) in [5, 5.41) is 7.04. The molecule has 5 nitrogen and oxygen atoms in total. The number of Topliss-reactive ketones (excluding diaryl/α,β-unsaturated/α-hetero) is 1. The summed E-state index contributed by atoms with van der Waals surface area (Å²) in [7, 11) is 0. The maximum atomic E-state index is 12.7. The van der Waals surface area contributed by atoms with Gasteiger partial charge in [0.05, 0.1) is 18.0 Å². The van der Waals surface area contributed by atoms with Crippen molar-refractivity contribution in [2.75, 3.05) is 18.7 Å². The summed E-state index contributed by atoms with van der Waals surface area (Å²) in [6, 6.07) is 13.9. The predicted molar refractivity (Wildman–Crippen MR) is 85.0 cm³/mol. The fraction of sp³-hybridized carbons (Fsp3) is 0.278. The first-order valence-electron chi connectivity index (χ1n) is 7.84. The van der Waals surface area contributed by atoms with E-state index >= 15 is 0 Å². The van der Waals surface area contributed by atoms with Crippen LogP contribution in [0.4, 0.5) is 5.69 Å². The molecule has 23 heavy (non-hydrogen) atoms. The van der Waals surface area contributed by atoms with Gasteiger partial charge in [0.15, 0.2) is 17.3 Å². The molecule has 5 heteroatoms. The van der Waals surface area contributed by atoms with Crippen LogP contribution in [0, 0.1) is 5.92 Å². The van der Waals surface area contributed by atoms with Crippen molar-refractivity contribution < 1.29 is 14.3 Å². The summed E-state index contributed by atoms with van der Waals surface area (Å²) in [5.41, 5.74) is 2.83. The third kappa shape index (κ3) is 1.86. The second kappa shape index (κ2) is 4.73. The van der Waals surface area contributed by atoms with E-state index in [1.807, 2.05) is 42.5 Å². The number of benzene rings is 2. The summed E-state index contributed by atoms with van der Waals surface area (Å²) in [5.74, 6) is 1.73. The number of anilines is 1. The Morgan fingerprint density at radius 3 is 2.87 bits per heavy atom. The topological polar surface area (TPSA) is 59.6 Å². The van der Waals surface area contributed by atoms with Crippen molar-refractivity contribution in [3.8, 4) is 11.5 Å². The van der Waals surface area contributed by atoms with Gasteiger partial charge in [-0.15, -0.1) is 0 Å². The SMILES string of the molecule is O=C1c2ccccc2NC2C1CNC2c1ccc2c(c1)OCO2. The molecule has 2 aromatic rings. The number of carbonyl (C=O) groups excluding carboxylic acids is 1. The highest BCUT2D eigenvalue weighted by Crippen LogP contribution is 2.40. The lowest BCUT2D eigenvalue weighted by atomic mass is 9.84. The van der Waals surface area contributed by atoms with Crippen LogP contribution in [0.3, 0.4) is 0 Å². The van der Waals surface area contributed by atoms with Crippen molar-refractivity contribution in [1.82, 2.24) is 5.32 Å². The van der Waals surface area contributed by atoms with Crippen LogP contribution < -0.4 is 20.1 Å². The molecule has 2 aromatic carbocycles. The van der Waals surface area contributed by atoms with Gasteiger partial charge in [0.2, 0.25) is 6.79 Å². The second-order valence-electron chi connectivity index (χ2n) is 6.19. The van der Waals surface area contributed by atoms with Gasteiger partial charge in [-0.2, -0.15) is 0 Å². The Balaban J connectivity index is 1.52. The summed E-state index contributed by atoms with van der Waals surface area (Å²) in [6.07, 6.45) is 0. The molecular weight excluding hydrogens is 292 g/mol. The summed E-state index contributed by atoms with van der Waals surface area (Å²) in [4.78, 5) is 12.7. The molecule has 3 aliphatic rings. The van der Waals surface area contributed by atoms with Gasteiger partial charge in [0.25, 0.3) is 0 Å². The number of rotatable bonds is 1. The molecule has 0 aliphatic carbocycles. The highest BCUT2D eigenvalue weighted by molar-refractivity contribution is 6.05. The van der Waals surface area contributed by atoms with Gasteiger partial charge in [-0.05, 0) is 29.8 Å². The van der Waals surface area contributed by atoms with Crippen LogP contribution in [0.25, 0.3) is 0 Å². The minimum Gasteiger partial charge on any atom is -0.454 e. The van der Waals surface area contributed by atoms with Gasteiger partial charge < -0.3 is 20.1 Å². The van der Waals surface area contributed by atoms with E-state index in [2.05, 4.69) is 10.6 Å².